The van der Waals surface area contributed by atoms with Gasteiger partial charge >= 0.3 is 5.97 Å². The van der Waals surface area contributed by atoms with Crippen LogP contribution < -0.4 is 5.32 Å². The van der Waals surface area contributed by atoms with Crippen LogP contribution in [-0.4, -0.2) is 17.1 Å². The Morgan fingerprint density at radius 1 is 1.35 bits per heavy atom. The molecule has 0 spiro atoms. The molecule has 0 radical (unpaired) electrons. The van der Waals surface area contributed by atoms with Crippen LogP contribution in [0, 0.1) is 11.3 Å². The van der Waals surface area contributed by atoms with E-state index in [1.54, 1.807) is 6.07 Å². The maximum atomic E-state index is 11.4. The lowest BCUT2D eigenvalue weighted by Crippen LogP contribution is -2.17. The summed E-state index contributed by atoms with van der Waals surface area (Å²) in [5, 5.41) is 22.1. The van der Waals surface area contributed by atoms with E-state index in [0.717, 1.165) is 17.5 Å². The third-order valence-electron chi connectivity index (χ3n) is 3.61. The molecule has 1 atom stereocenters. The number of carboxylic acids is 1. The van der Waals surface area contributed by atoms with Gasteiger partial charge in [0.2, 0.25) is 0 Å². The van der Waals surface area contributed by atoms with Crippen LogP contribution in [0.15, 0.2) is 6.07 Å². The molecule has 4 nitrogen and oxygen atoms in total. The molecule has 0 heterocycles. The average Bonchev–Trinajstić information content (AvgIpc) is 2.45. The lowest BCUT2D eigenvalue weighted by atomic mass is 9.91. The molecular weight excluding hydrogens is 252 g/mol. The second-order valence-corrected chi connectivity index (χ2v) is 4.88. The Hall–Kier alpha value is -2.02. The zero-order valence-electron chi connectivity index (χ0n) is 12.6. The molecule has 0 bridgehead atoms. The van der Waals surface area contributed by atoms with Crippen molar-refractivity contribution in [3.63, 3.8) is 0 Å². The fourth-order valence-corrected chi connectivity index (χ4v) is 2.37. The topological polar surface area (TPSA) is 73.1 Å². The van der Waals surface area contributed by atoms with Gasteiger partial charge < -0.3 is 10.4 Å². The van der Waals surface area contributed by atoms with E-state index in [0.29, 0.717) is 29.7 Å². The molecule has 0 fully saturated rings. The number of hydrogen-bond acceptors (Lipinski definition) is 3. The van der Waals surface area contributed by atoms with Crippen LogP contribution in [0.3, 0.4) is 0 Å². The minimum atomic E-state index is -0.937. The van der Waals surface area contributed by atoms with Gasteiger partial charge in [-0.3, -0.25) is 0 Å². The molecule has 1 aromatic carbocycles. The fourth-order valence-electron chi connectivity index (χ4n) is 2.37. The van der Waals surface area contributed by atoms with Gasteiger partial charge in [-0.05, 0) is 43.4 Å². The highest BCUT2D eigenvalue weighted by molar-refractivity contribution is 5.92. The zero-order chi connectivity index (χ0) is 15.3. The van der Waals surface area contributed by atoms with Crippen LogP contribution in [0.25, 0.3) is 0 Å². The van der Waals surface area contributed by atoms with Crippen LogP contribution in [0.1, 0.15) is 61.2 Å². The van der Waals surface area contributed by atoms with Gasteiger partial charge in [-0.2, -0.15) is 5.26 Å². The number of benzene rings is 1. The number of nitrogens with one attached hydrogen (secondary N) is 1. The molecule has 0 unspecified atom stereocenters. The minimum absolute atomic E-state index is 0.195. The predicted octanol–water partition coefficient (Wildman–Crippen LogP) is 3.59. The zero-order valence-corrected chi connectivity index (χ0v) is 12.6. The van der Waals surface area contributed by atoms with Crippen molar-refractivity contribution in [2.45, 2.75) is 53.0 Å². The third-order valence-corrected chi connectivity index (χ3v) is 3.61. The molecule has 0 saturated heterocycles. The normalized spacial score (nSPS) is 11.8. The smallest absolute Gasteiger partial charge is 0.336 e. The number of carboxylic acid groups (broad SMARTS) is 1. The summed E-state index contributed by atoms with van der Waals surface area (Å²) in [6, 6.07) is 4.03. The first-order chi connectivity index (χ1) is 9.49. The van der Waals surface area contributed by atoms with Crippen LogP contribution >= 0.6 is 0 Å². The van der Waals surface area contributed by atoms with E-state index in [4.69, 9.17) is 0 Å². The van der Waals surface area contributed by atoms with Crippen LogP contribution in [0.5, 0.6) is 0 Å². The molecule has 0 amide bonds. The molecule has 4 heteroatoms. The van der Waals surface area contributed by atoms with E-state index < -0.39 is 5.97 Å². The Labute approximate surface area is 120 Å². The Morgan fingerprint density at radius 2 is 1.95 bits per heavy atom. The van der Waals surface area contributed by atoms with Gasteiger partial charge in [-0.15, -0.1) is 0 Å². The van der Waals surface area contributed by atoms with E-state index in [2.05, 4.69) is 11.4 Å². The molecule has 2 N–H and O–H groups in total. The van der Waals surface area contributed by atoms with Crippen LogP contribution in [-0.2, 0) is 12.8 Å². The van der Waals surface area contributed by atoms with Gasteiger partial charge in [-0.25, -0.2) is 4.79 Å². The lowest BCUT2D eigenvalue weighted by molar-refractivity contribution is 0.0695. The van der Waals surface area contributed by atoms with Crippen molar-refractivity contribution in [2.24, 2.45) is 0 Å². The second kappa shape index (κ2) is 6.95. The molecule has 0 aromatic heterocycles. The van der Waals surface area contributed by atoms with E-state index in [-0.39, 0.29) is 6.04 Å². The van der Waals surface area contributed by atoms with E-state index >= 15 is 0 Å². The van der Waals surface area contributed by atoms with Crippen LogP contribution in [0.2, 0.25) is 0 Å². The molecule has 20 heavy (non-hydrogen) atoms. The van der Waals surface area contributed by atoms with Gasteiger partial charge in [0.25, 0.3) is 0 Å². The predicted molar refractivity (Wildman–Crippen MR) is 80.2 cm³/mol. The number of aromatic carboxylic acids is 1. The summed E-state index contributed by atoms with van der Waals surface area (Å²) in [4.78, 5) is 11.4. The van der Waals surface area contributed by atoms with Crippen LogP contribution in [0.4, 0.5) is 5.69 Å². The molecule has 0 aliphatic heterocycles. The maximum Gasteiger partial charge on any atom is 0.336 e. The molecule has 108 valence electrons. The average molecular weight is 274 g/mol. The fraction of sp³-hybridized carbons (Fsp3) is 0.500. The quantitative estimate of drug-likeness (QED) is 0.831. The van der Waals surface area contributed by atoms with E-state index in [1.807, 2.05) is 27.7 Å². The van der Waals surface area contributed by atoms with E-state index in [9.17, 15) is 15.2 Å². The summed E-state index contributed by atoms with van der Waals surface area (Å²) in [6.07, 6.45) is 2.18. The summed E-state index contributed by atoms with van der Waals surface area (Å²) < 4.78 is 0. The molecule has 1 rings (SSSR count). The monoisotopic (exact) mass is 274 g/mol. The van der Waals surface area contributed by atoms with Gasteiger partial charge in [0.1, 0.15) is 6.07 Å². The first-order valence-corrected chi connectivity index (χ1v) is 7.08. The van der Waals surface area contributed by atoms with Crippen molar-refractivity contribution in [3.8, 4) is 6.07 Å². The Balaban J connectivity index is 3.55. The SMILES string of the molecule is CCc1c(C(=O)O)cc(N[C@H](C)CC)c(C#N)c1CC. The highest BCUT2D eigenvalue weighted by atomic mass is 16.4. The lowest BCUT2D eigenvalue weighted by Gasteiger charge is -2.19. The number of anilines is 1. The van der Waals surface area contributed by atoms with Crippen molar-refractivity contribution < 1.29 is 9.90 Å². The van der Waals surface area contributed by atoms with Gasteiger partial charge in [0.15, 0.2) is 0 Å². The number of hydrogen-bond donors (Lipinski definition) is 2. The van der Waals surface area contributed by atoms with Crippen molar-refractivity contribution in [1.82, 2.24) is 0 Å². The summed E-state index contributed by atoms with van der Waals surface area (Å²) in [5.41, 5.74) is 3.13. The third kappa shape index (κ3) is 3.11. The molecule has 1 aromatic rings. The van der Waals surface area contributed by atoms with Gasteiger partial charge in [-0.1, -0.05) is 20.8 Å². The Kier molecular flexibility index (Phi) is 5.57. The number of nitrogens with zero attached hydrogens (tertiary/aromatic N) is 1. The highest BCUT2D eigenvalue weighted by Gasteiger charge is 2.20. The van der Waals surface area contributed by atoms with Crippen molar-refractivity contribution in [3.05, 3.63) is 28.3 Å². The van der Waals surface area contributed by atoms with Gasteiger partial charge in [0.05, 0.1) is 16.8 Å². The Bertz CT molecular complexity index is 544. The first-order valence-electron chi connectivity index (χ1n) is 7.08. The van der Waals surface area contributed by atoms with Crippen molar-refractivity contribution >= 4 is 11.7 Å². The second-order valence-electron chi connectivity index (χ2n) is 4.88. The molecule has 0 aliphatic carbocycles. The number of rotatable bonds is 6. The molecule has 0 aliphatic rings. The summed E-state index contributed by atoms with van der Waals surface area (Å²) in [6.45, 7) is 7.93. The summed E-state index contributed by atoms with van der Waals surface area (Å²) in [5.74, 6) is -0.937. The summed E-state index contributed by atoms with van der Waals surface area (Å²) in [7, 11) is 0. The minimum Gasteiger partial charge on any atom is -0.478 e. The van der Waals surface area contributed by atoms with Crippen molar-refractivity contribution in [2.75, 3.05) is 5.32 Å². The highest BCUT2D eigenvalue weighted by Crippen LogP contribution is 2.29. The largest absolute Gasteiger partial charge is 0.478 e. The summed E-state index contributed by atoms with van der Waals surface area (Å²) >= 11 is 0. The molecule has 0 saturated carbocycles. The van der Waals surface area contributed by atoms with E-state index in [1.165, 1.54) is 0 Å². The Morgan fingerprint density at radius 3 is 2.35 bits per heavy atom. The number of carbonyl (C=O) groups is 1. The standard InChI is InChI=1S/C16H22N2O2/c1-5-10(4)18-15-8-13(16(19)20)11(6-2)12(7-3)14(15)9-17/h8,10,18H,5-7H2,1-4H3,(H,19,20)/t10-/m1/s1. The maximum absolute atomic E-state index is 11.4. The van der Waals surface area contributed by atoms with Crippen molar-refractivity contribution in [1.29, 1.82) is 5.26 Å². The number of nitriles is 1. The molecular formula is C16H22N2O2. The first kappa shape index (κ1) is 16.0. The van der Waals surface area contributed by atoms with Gasteiger partial charge in [0, 0.05) is 6.04 Å².